The summed E-state index contributed by atoms with van der Waals surface area (Å²) in [6.45, 7) is 3.11. The number of hydrogen-bond donors (Lipinski definition) is 2. The van der Waals surface area contributed by atoms with Gasteiger partial charge in [0.15, 0.2) is 6.61 Å². The van der Waals surface area contributed by atoms with Crippen LogP contribution in [-0.4, -0.2) is 25.1 Å². The molecule has 0 saturated carbocycles. The van der Waals surface area contributed by atoms with Crippen LogP contribution < -0.4 is 15.8 Å². The zero-order valence-corrected chi connectivity index (χ0v) is 15.9. The number of esters is 1. The maximum Gasteiger partial charge on any atom is 0.344 e. The van der Waals surface area contributed by atoms with Crippen LogP contribution in [0.1, 0.15) is 15.9 Å². The highest BCUT2D eigenvalue weighted by atomic mass is 79.9. The van der Waals surface area contributed by atoms with Gasteiger partial charge in [0.05, 0.1) is 5.56 Å². The van der Waals surface area contributed by atoms with E-state index in [-0.39, 0.29) is 31.1 Å². The fourth-order valence-corrected chi connectivity index (χ4v) is 2.45. The molecule has 2 aromatic rings. The van der Waals surface area contributed by atoms with Crippen molar-refractivity contribution in [2.75, 3.05) is 18.9 Å². The van der Waals surface area contributed by atoms with Crippen LogP contribution in [0.5, 0.6) is 5.75 Å². The van der Waals surface area contributed by atoms with Gasteiger partial charge in [-0.3, -0.25) is 4.79 Å². The lowest BCUT2D eigenvalue weighted by Crippen LogP contribution is -2.25. The summed E-state index contributed by atoms with van der Waals surface area (Å²) in [4.78, 5) is 24.0. The van der Waals surface area contributed by atoms with Crippen LogP contribution in [-0.2, 0) is 16.1 Å². The topological polar surface area (TPSA) is 90.7 Å². The first-order chi connectivity index (χ1) is 12.9. The molecule has 0 aliphatic rings. The SMILES string of the molecule is C=CCOC(=O)COc1ccc(N)cc1C(=O)NCc1ccc(Br)cc1F. The average Bonchev–Trinajstić information content (AvgIpc) is 2.64. The van der Waals surface area contributed by atoms with Crippen molar-refractivity contribution in [3.05, 3.63) is 70.5 Å². The smallest absolute Gasteiger partial charge is 0.344 e. The molecule has 27 heavy (non-hydrogen) atoms. The van der Waals surface area contributed by atoms with E-state index in [0.29, 0.717) is 15.7 Å². The predicted octanol–water partition coefficient (Wildman–Crippen LogP) is 3.21. The molecule has 0 aliphatic heterocycles. The summed E-state index contributed by atoms with van der Waals surface area (Å²) in [6, 6.07) is 8.98. The molecular formula is C19H18BrFN2O4. The van der Waals surface area contributed by atoms with Gasteiger partial charge in [-0.25, -0.2) is 9.18 Å². The summed E-state index contributed by atoms with van der Waals surface area (Å²) in [6.07, 6.45) is 1.43. The van der Waals surface area contributed by atoms with Gasteiger partial charge < -0.3 is 20.5 Å². The fraction of sp³-hybridized carbons (Fsp3) is 0.158. The molecule has 0 aliphatic carbocycles. The zero-order chi connectivity index (χ0) is 19.8. The zero-order valence-electron chi connectivity index (χ0n) is 14.3. The molecule has 0 atom stereocenters. The molecule has 2 rings (SSSR count). The van der Waals surface area contributed by atoms with Gasteiger partial charge in [-0.1, -0.05) is 34.7 Å². The van der Waals surface area contributed by atoms with E-state index in [1.807, 2.05) is 0 Å². The Hall–Kier alpha value is -2.87. The molecular weight excluding hydrogens is 419 g/mol. The van der Waals surface area contributed by atoms with E-state index < -0.39 is 17.7 Å². The summed E-state index contributed by atoms with van der Waals surface area (Å²) in [5.41, 5.74) is 6.53. The van der Waals surface area contributed by atoms with Gasteiger partial charge in [0.25, 0.3) is 5.91 Å². The Kier molecular flexibility index (Phi) is 7.36. The van der Waals surface area contributed by atoms with Crippen LogP contribution in [0.25, 0.3) is 0 Å². The molecule has 6 nitrogen and oxygen atoms in total. The number of nitrogens with one attached hydrogen (secondary N) is 1. The number of nitrogen functional groups attached to an aromatic ring is 1. The van der Waals surface area contributed by atoms with Crippen LogP contribution in [0.2, 0.25) is 0 Å². The first-order valence-corrected chi connectivity index (χ1v) is 8.71. The lowest BCUT2D eigenvalue weighted by Gasteiger charge is -2.12. The molecule has 0 fully saturated rings. The first kappa shape index (κ1) is 20.4. The van der Waals surface area contributed by atoms with Crippen LogP contribution in [0.3, 0.4) is 0 Å². The van der Waals surface area contributed by atoms with Gasteiger partial charge in [-0.05, 0) is 30.3 Å². The highest BCUT2D eigenvalue weighted by molar-refractivity contribution is 9.10. The number of ether oxygens (including phenoxy) is 2. The van der Waals surface area contributed by atoms with Gasteiger partial charge in [-0.15, -0.1) is 0 Å². The number of nitrogens with two attached hydrogens (primary N) is 1. The van der Waals surface area contributed by atoms with Crippen molar-refractivity contribution >= 4 is 33.5 Å². The van der Waals surface area contributed by atoms with E-state index in [4.69, 9.17) is 15.2 Å². The summed E-state index contributed by atoms with van der Waals surface area (Å²) < 4.78 is 24.6. The Morgan fingerprint density at radius 3 is 2.74 bits per heavy atom. The first-order valence-electron chi connectivity index (χ1n) is 7.91. The number of anilines is 1. The fourth-order valence-electron chi connectivity index (χ4n) is 2.12. The number of rotatable bonds is 8. The van der Waals surface area contributed by atoms with E-state index in [2.05, 4.69) is 27.8 Å². The Morgan fingerprint density at radius 1 is 1.26 bits per heavy atom. The second-order valence-electron chi connectivity index (χ2n) is 5.43. The third-order valence-electron chi connectivity index (χ3n) is 3.41. The number of halogens is 2. The molecule has 0 unspecified atom stereocenters. The molecule has 8 heteroatoms. The average molecular weight is 437 g/mol. The van der Waals surface area contributed by atoms with E-state index >= 15 is 0 Å². The van der Waals surface area contributed by atoms with Crippen molar-refractivity contribution in [3.8, 4) is 5.75 Å². The molecule has 0 radical (unpaired) electrons. The lowest BCUT2D eigenvalue weighted by atomic mass is 10.1. The maximum atomic E-state index is 13.9. The molecule has 1 amide bonds. The summed E-state index contributed by atoms with van der Waals surface area (Å²) in [5.74, 6) is -1.40. The molecule has 0 aromatic heterocycles. The highest BCUT2D eigenvalue weighted by Gasteiger charge is 2.15. The number of benzene rings is 2. The number of carbonyl (C=O) groups is 2. The van der Waals surface area contributed by atoms with Crippen LogP contribution in [0.4, 0.5) is 10.1 Å². The lowest BCUT2D eigenvalue weighted by molar-refractivity contribution is -0.144. The van der Waals surface area contributed by atoms with Gasteiger partial charge in [-0.2, -0.15) is 0 Å². The third kappa shape index (κ3) is 6.10. The molecule has 2 aromatic carbocycles. The Morgan fingerprint density at radius 2 is 2.04 bits per heavy atom. The summed E-state index contributed by atoms with van der Waals surface area (Å²) >= 11 is 3.17. The van der Waals surface area contributed by atoms with Gasteiger partial charge in [0, 0.05) is 22.3 Å². The standard InChI is InChI=1S/C19H18BrFN2O4/c1-2-7-26-18(24)11-27-17-6-5-14(22)9-15(17)19(25)23-10-12-3-4-13(20)8-16(12)21/h2-6,8-9H,1,7,10-11,22H2,(H,23,25). The minimum atomic E-state index is -0.602. The van der Waals surface area contributed by atoms with Crippen LogP contribution in [0.15, 0.2) is 53.5 Å². The van der Waals surface area contributed by atoms with E-state index in [1.165, 1.54) is 30.3 Å². The molecule has 0 heterocycles. The largest absolute Gasteiger partial charge is 0.481 e. The summed E-state index contributed by atoms with van der Waals surface area (Å²) in [5, 5.41) is 2.61. The Labute approximate surface area is 164 Å². The van der Waals surface area contributed by atoms with E-state index in [9.17, 15) is 14.0 Å². The maximum absolute atomic E-state index is 13.9. The van der Waals surface area contributed by atoms with Crippen LogP contribution >= 0.6 is 15.9 Å². The number of amides is 1. The van der Waals surface area contributed by atoms with Crippen molar-refractivity contribution in [2.45, 2.75) is 6.54 Å². The second kappa shape index (κ2) is 9.72. The van der Waals surface area contributed by atoms with Crippen molar-refractivity contribution < 1.29 is 23.5 Å². The quantitative estimate of drug-likeness (QED) is 0.376. The molecule has 0 bridgehead atoms. The van der Waals surface area contributed by atoms with Gasteiger partial charge in [0.1, 0.15) is 18.2 Å². The van der Waals surface area contributed by atoms with E-state index in [1.54, 1.807) is 12.1 Å². The highest BCUT2D eigenvalue weighted by Crippen LogP contribution is 2.22. The van der Waals surface area contributed by atoms with Crippen molar-refractivity contribution in [2.24, 2.45) is 0 Å². The summed E-state index contributed by atoms with van der Waals surface area (Å²) in [7, 11) is 0. The Bertz CT molecular complexity index is 858. The number of carbonyl (C=O) groups excluding carboxylic acids is 2. The number of hydrogen-bond acceptors (Lipinski definition) is 5. The van der Waals surface area contributed by atoms with E-state index in [0.717, 1.165) is 0 Å². The minimum Gasteiger partial charge on any atom is -0.481 e. The molecule has 142 valence electrons. The second-order valence-corrected chi connectivity index (χ2v) is 6.35. The van der Waals surface area contributed by atoms with Crippen molar-refractivity contribution in [3.63, 3.8) is 0 Å². The predicted molar refractivity (Wildman–Crippen MR) is 103 cm³/mol. The molecule has 3 N–H and O–H groups in total. The van der Waals surface area contributed by atoms with Crippen LogP contribution in [0, 0.1) is 5.82 Å². The van der Waals surface area contributed by atoms with Gasteiger partial charge in [0.2, 0.25) is 0 Å². The monoisotopic (exact) mass is 436 g/mol. The molecule has 0 saturated heterocycles. The van der Waals surface area contributed by atoms with Gasteiger partial charge >= 0.3 is 5.97 Å². The normalized spacial score (nSPS) is 10.1. The van der Waals surface area contributed by atoms with Crippen molar-refractivity contribution in [1.82, 2.24) is 5.32 Å². The van der Waals surface area contributed by atoms with Crippen molar-refractivity contribution in [1.29, 1.82) is 0 Å². The molecule has 0 spiro atoms. The third-order valence-corrected chi connectivity index (χ3v) is 3.90. The minimum absolute atomic E-state index is 0.0203. The Balaban J connectivity index is 2.06.